The molecule has 5 nitrogen and oxygen atoms in total. The molecule has 0 aliphatic heterocycles. The monoisotopic (exact) mass is 244 g/mol. The maximum Gasteiger partial charge on any atom is 0.179 e. The molecule has 0 amide bonds. The van der Waals surface area contributed by atoms with E-state index in [1.165, 1.54) is 12.3 Å². The first-order chi connectivity index (χ1) is 7.51. The Morgan fingerprint density at radius 2 is 2.19 bits per heavy atom. The smallest absolute Gasteiger partial charge is 0.179 e. The van der Waals surface area contributed by atoms with Crippen molar-refractivity contribution in [2.24, 2.45) is 5.73 Å². The van der Waals surface area contributed by atoms with Crippen molar-refractivity contribution in [1.82, 2.24) is 4.98 Å². The van der Waals surface area contributed by atoms with Gasteiger partial charge in [-0.15, -0.1) is 0 Å². The molecule has 6 heteroatoms. The molecule has 1 rings (SSSR count). The summed E-state index contributed by atoms with van der Waals surface area (Å²) in [6.07, 6.45) is 1.72. The van der Waals surface area contributed by atoms with Crippen LogP contribution in [0.3, 0.4) is 0 Å². The Bertz CT molecular complexity index is 428. The van der Waals surface area contributed by atoms with Crippen LogP contribution in [0.15, 0.2) is 23.2 Å². The van der Waals surface area contributed by atoms with Crippen LogP contribution in [0, 0.1) is 0 Å². The summed E-state index contributed by atoms with van der Waals surface area (Å²) in [7, 11) is -3.21. The number of aliphatic hydroxyl groups excluding tert-OH is 1. The standard InChI is InChI=1S/C10H16N2O3S/c1-2-16(14,15)8-3-4-10(12-7-8)9(11)5-6-13/h3-4,7,9,13H,2,5-6,11H2,1H3. The number of pyridine rings is 1. The summed E-state index contributed by atoms with van der Waals surface area (Å²) in [5.74, 6) is 0.0523. The molecule has 16 heavy (non-hydrogen) atoms. The normalized spacial score (nSPS) is 13.7. The molecular weight excluding hydrogens is 228 g/mol. The minimum Gasteiger partial charge on any atom is -0.396 e. The molecule has 0 saturated heterocycles. The summed E-state index contributed by atoms with van der Waals surface area (Å²) in [5.41, 5.74) is 6.31. The molecule has 0 saturated carbocycles. The number of aromatic nitrogens is 1. The SMILES string of the molecule is CCS(=O)(=O)c1ccc(C(N)CCO)nc1. The van der Waals surface area contributed by atoms with Crippen molar-refractivity contribution in [2.45, 2.75) is 24.3 Å². The highest BCUT2D eigenvalue weighted by Gasteiger charge is 2.13. The van der Waals surface area contributed by atoms with E-state index in [1.54, 1.807) is 13.0 Å². The van der Waals surface area contributed by atoms with E-state index in [0.29, 0.717) is 12.1 Å². The minimum absolute atomic E-state index is 0.0160. The largest absolute Gasteiger partial charge is 0.396 e. The lowest BCUT2D eigenvalue weighted by atomic mass is 10.1. The van der Waals surface area contributed by atoms with E-state index >= 15 is 0 Å². The highest BCUT2D eigenvalue weighted by molar-refractivity contribution is 7.91. The molecule has 0 radical (unpaired) electrons. The van der Waals surface area contributed by atoms with Gasteiger partial charge in [0.25, 0.3) is 0 Å². The molecule has 1 atom stereocenters. The van der Waals surface area contributed by atoms with Gasteiger partial charge in [-0.25, -0.2) is 8.42 Å². The van der Waals surface area contributed by atoms with E-state index in [2.05, 4.69) is 4.98 Å². The molecule has 3 N–H and O–H groups in total. The number of hydrogen-bond donors (Lipinski definition) is 2. The number of aliphatic hydroxyl groups is 1. The topological polar surface area (TPSA) is 93.3 Å². The van der Waals surface area contributed by atoms with Crippen LogP contribution in [0.2, 0.25) is 0 Å². The Hall–Kier alpha value is -0.980. The Kier molecular flexibility index (Phi) is 4.40. The van der Waals surface area contributed by atoms with Gasteiger partial charge in [0.1, 0.15) is 0 Å². The molecular formula is C10H16N2O3S. The number of rotatable bonds is 5. The molecule has 1 heterocycles. The van der Waals surface area contributed by atoms with Gasteiger partial charge in [0.15, 0.2) is 9.84 Å². The molecule has 0 aromatic carbocycles. The molecule has 1 unspecified atom stereocenters. The summed E-state index contributed by atoms with van der Waals surface area (Å²) in [4.78, 5) is 4.20. The summed E-state index contributed by atoms with van der Waals surface area (Å²) in [5, 5.41) is 8.72. The highest BCUT2D eigenvalue weighted by Crippen LogP contribution is 2.14. The number of sulfone groups is 1. The Morgan fingerprint density at radius 3 is 2.62 bits per heavy atom. The average molecular weight is 244 g/mol. The lowest BCUT2D eigenvalue weighted by molar-refractivity contribution is 0.275. The van der Waals surface area contributed by atoms with E-state index in [0.717, 1.165) is 0 Å². The van der Waals surface area contributed by atoms with Crippen LogP contribution < -0.4 is 5.73 Å². The maximum atomic E-state index is 11.5. The van der Waals surface area contributed by atoms with E-state index in [4.69, 9.17) is 10.8 Å². The van der Waals surface area contributed by atoms with Crippen LogP contribution in [0.1, 0.15) is 25.1 Å². The van der Waals surface area contributed by atoms with Crippen molar-refractivity contribution >= 4 is 9.84 Å². The van der Waals surface area contributed by atoms with E-state index in [9.17, 15) is 8.42 Å². The van der Waals surface area contributed by atoms with Crippen LogP contribution in [0.25, 0.3) is 0 Å². The third kappa shape index (κ3) is 3.01. The second-order valence-electron chi connectivity index (χ2n) is 3.44. The van der Waals surface area contributed by atoms with Gasteiger partial charge in [0.2, 0.25) is 0 Å². The van der Waals surface area contributed by atoms with Gasteiger partial charge in [-0.1, -0.05) is 6.92 Å². The zero-order valence-electron chi connectivity index (χ0n) is 9.13. The number of nitrogens with zero attached hydrogens (tertiary/aromatic N) is 1. The van der Waals surface area contributed by atoms with Gasteiger partial charge in [-0.3, -0.25) is 4.98 Å². The van der Waals surface area contributed by atoms with Crippen molar-refractivity contribution in [1.29, 1.82) is 0 Å². The van der Waals surface area contributed by atoms with Crippen molar-refractivity contribution in [3.8, 4) is 0 Å². The van der Waals surface area contributed by atoms with Gasteiger partial charge in [-0.2, -0.15) is 0 Å². The van der Waals surface area contributed by atoms with Gasteiger partial charge in [0.05, 0.1) is 16.3 Å². The predicted molar refractivity (Wildman–Crippen MR) is 60.6 cm³/mol. The first-order valence-corrected chi connectivity index (χ1v) is 6.71. The Morgan fingerprint density at radius 1 is 1.50 bits per heavy atom. The summed E-state index contributed by atoms with van der Waals surface area (Å²) in [6, 6.07) is 2.73. The van der Waals surface area contributed by atoms with E-state index < -0.39 is 9.84 Å². The second kappa shape index (κ2) is 5.38. The molecule has 0 bridgehead atoms. The fourth-order valence-electron chi connectivity index (χ4n) is 1.25. The third-order valence-electron chi connectivity index (χ3n) is 2.32. The van der Waals surface area contributed by atoms with Crippen molar-refractivity contribution in [3.63, 3.8) is 0 Å². The van der Waals surface area contributed by atoms with Crippen molar-refractivity contribution in [3.05, 3.63) is 24.0 Å². The lowest BCUT2D eigenvalue weighted by Gasteiger charge is -2.09. The lowest BCUT2D eigenvalue weighted by Crippen LogP contribution is -2.14. The summed E-state index contributed by atoms with van der Waals surface area (Å²) in [6.45, 7) is 1.57. The zero-order valence-corrected chi connectivity index (χ0v) is 9.94. The fraction of sp³-hybridized carbons (Fsp3) is 0.500. The first kappa shape index (κ1) is 13.1. The minimum atomic E-state index is -3.21. The van der Waals surface area contributed by atoms with E-state index in [1.807, 2.05) is 0 Å². The Balaban J connectivity index is 2.91. The predicted octanol–water partition coefficient (Wildman–Crippen LogP) is 0.257. The van der Waals surface area contributed by atoms with Gasteiger partial charge in [-0.05, 0) is 18.6 Å². The average Bonchev–Trinajstić information content (AvgIpc) is 2.29. The molecule has 0 spiro atoms. The number of nitrogens with two attached hydrogens (primary N) is 1. The molecule has 90 valence electrons. The van der Waals surface area contributed by atoms with Gasteiger partial charge in [0, 0.05) is 18.8 Å². The van der Waals surface area contributed by atoms with Crippen molar-refractivity contribution in [2.75, 3.05) is 12.4 Å². The van der Waals surface area contributed by atoms with Gasteiger partial charge < -0.3 is 10.8 Å². The Labute approximate surface area is 95.2 Å². The van der Waals surface area contributed by atoms with Crippen LogP contribution in [-0.2, 0) is 9.84 Å². The van der Waals surface area contributed by atoms with Crippen LogP contribution in [-0.4, -0.2) is 30.9 Å². The molecule has 0 aliphatic rings. The second-order valence-corrected chi connectivity index (χ2v) is 5.72. The quantitative estimate of drug-likeness (QED) is 0.774. The van der Waals surface area contributed by atoms with Crippen LogP contribution in [0.5, 0.6) is 0 Å². The molecule has 1 aromatic rings. The highest BCUT2D eigenvalue weighted by atomic mass is 32.2. The molecule has 0 fully saturated rings. The number of hydrogen-bond acceptors (Lipinski definition) is 5. The van der Waals surface area contributed by atoms with E-state index in [-0.39, 0.29) is 23.3 Å². The summed E-state index contributed by atoms with van der Waals surface area (Å²) >= 11 is 0. The first-order valence-electron chi connectivity index (χ1n) is 5.06. The van der Waals surface area contributed by atoms with Crippen LogP contribution in [0.4, 0.5) is 0 Å². The molecule has 0 aliphatic carbocycles. The van der Waals surface area contributed by atoms with Crippen molar-refractivity contribution < 1.29 is 13.5 Å². The third-order valence-corrected chi connectivity index (χ3v) is 4.04. The molecule has 1 aromatic heterocycles. The summed E-state index contributed by atoms with van der Waals surface area (Å²) < 4.78 is 23.0. The fourth-order valence-corrected chi connectivity index (χ4v) is 2.07. The maximum absolute atomic E-state index is 11.5. The zero-order chi connectivity index (χ0) is 12.2. The van der Waals surface area contributed by atoms with Gasteiger partial charge >= 0.3 is 0 Å². The van der Waals surface area contributed by atoms with Crippen LogP contribution >= 0.6 is 0 Å².